The summed E-state index contributed by atoms with van der Waals surface area (Å²) >= 11 is 1.22. The van der Waals surface area contributed by atoms with E-state index >= 15 is 0 Å². The first-order valence-corrected chi connectivity index (χ1v) is 9.38. The summed E-state index contributed by atoms with van der Waals surface area (Å²) in [7, 11) is 0. The minimum atomic E-state index is -0.908. The largest absolute Gasteiger partial charge is 0.477 e. The van der Waals surface area contributed by atoms with E-state index in [0.717, 1.165) is 15.9 Å². The van der Waals surface area contributed by atoms with Gasteiger partial charge in [0.1, 0.15) is 4.88 Å². The first kappa shape index (κ1) is 16.1. The maximum Gasteiger partial charge on any atom is 0.347 e. The minimum absolute atomic E-state index is 0.153. The quantitative estimate of drug-likeness (QED) is 0.711. The van der Waals surface area contributed by atoms with Crippen molar-refractivity contribution in [2.75, 3.05) is 0 Å². The molecule has 0 spiro atoms. The second kappa shape index (κ2) is 6.15. The van der Waals surface area contributed by atoms with E-state index in [1.807, 2.05) is 24.5 Å². The molecule has 0 amide bonds. The van der Waals surface area contributed by atoms with Crippen molar-refractivity contribution >= 4 is 33.8 Å². The Bertz CT molecular complexity index is 1030. The average Bonchev–Trinajstić information content (AvgIpc) is 3.34. The van der Waals surface area contributed by atoms with Crippen LogP contribution in [0.1, 0.15) is 53.9 Å². The zero-order valence-electron chi connectivity index (χ0n) is 14.3. The summed E-state index contributed by atoms with van der Waals surface area (Å²) in [6, 6.07) is 12.8. The van der Waals surface area contributed by atoms with Gasteiger partial charge in [-0.2, -0.15) is 0 Å². The van der Waals surface area contributed by atoms with Crippen LogP contribution in [0.5, 0.6) is 0 Å². The lowest BCUT2D eigenvalue weighted by atomic mass is 10.00. The van der Waals surface area contributed by atoms with Crippen LogP contribution in [-0.4, -0.2) is 15.6 Å². The van der Waals surface area contributed by atoms with Crippen LogP contribution in [0, 0.1) is 0 Å². The van der Waals surface area contributed by atoms with Gasteiger partial charge >= 0.3 is 5.97 Å². The van der Waals surface area contributed by atoms with Crippen LogP contribution in [0.25, 0.3) is 10.8 Å². The Kier molecular flexibility index (Phi) is 3.96. The van der Waals surface area contributed by atoms with Crippen molar-refractivity contribution in [2.24, 2.45) is 4.99 Å². The molecule has 1 N–H and O–H groups in total. The molecule has 3 aromatic rings. The van der Waals surface area contributed by atoms with Crippen molar-refractivity contribution in [3.8, 4) is 0 Å². The molecular formula is C20H20N2O2S. The zero-order chi connectivity index (χ0) is 17.6. The normalized spacial score (nSPS) is 15.2. The van der Waals surface area contributed by atoms with Gasteiger partial charge in [-0.05, 0) is 49.6 Å². The molecule has 0 aliphatic heterocycles. The molecule has 1 aliphatic carbocycles. The maximum atomic E-state index is 11.3. The first-order chi connectivity index (χ1) is 12.0. The minimum Gasteiger partial charge on any atom is -0.477 e. The van der Waals surface area contributed by atoms with Gasteiger partial charge in [0.15, 0.2) is 4.80 Å². The summed E-state index contributed by atoms with van der Waals surface area (Å²) in [5, 5.41) is 11.7. The number of carboxylic acid groups (broad SMARTS) is 1. The lowest BCUT2D eigenvalue weighted by Crippen LogP contribution is -2.15. The second-order valence-corrected chi connectivity index (χ2v) is 7.80. The van der Waals surface area contributed by atoms with E-state index in [1.165, 1.54) is 35.1 Å². The van der Waals surface area contributed by atoms with Crippen molar-refractivity contribution < 1.29 is 9.90 Å². The summed E-state index contributed by atoms with van der Waals surface area (Å²) in [6.45, 7) is 4.07. The number of hydrogen-bond acceptors (Lipinski definition) is 3. The Morgan fingerprint density at radius 3 is 2.56 bits per heavy atom. The highest BCUT2D eigenvalue weighted by atomic mass is 32.1. The molecule has 25 heavy (non-hydrogen) atoms. The predicted molar refractivity (Wildman–Crippen MR) is 101 cm³/mol. The average molecular weight is 352 g/mol. The van der Waals surface area contributed by atoms with Crippen molar-refractivity contribution in [1.82, 2.24) is 4.57 Å². The van der Waals surface area contributed by atoms with Crippen molar-refractivity contribution in [1.29, 1.82) is 0 Å². The molecule has 5 heteroatoms. The summed E-state index contributed by atoms with van der Waals surface area (Å²) in [6.07, 6.45) is 4.21. The van der Waals surface area contributed by atoms with E-state index in [0.29, 0.717) is 10.8 Å². The molecule has 1 aliphatic rings. The second-order valence-electron chi connectivity index (χ2n) is 6.79. The van der Waals surface area contributed by atoms with Crippen LogP contribution >= 0.6 is 11.3 Å². The lowest BCUT2D eigenvalue weighted by Gasteiger charge is -2.09. The van der Waals surface area contributed by atoms with Gasteiger partial charge in [0.2, 0.25) is 0 Å². The van der Waals surface area contributed by atoms with E-state index in [1.54, 1.807) is 6.20 Å². The summed E-state index contributed by atoms with van der Waals surface area (Å²) < 4.78 is 1.93. The maximum absolute atomic E-state index is 11.3. The number of benzene rings is 2. The first-order valence-electron chi connectivity index (χ1n) is 8.56. The van der Waals surface area contributed by atoms with Gasteiger partial charge in [0, 0.05) is 17.6 Å². The standard InChI is InChI=1S/C20H20N2O2S/c1-12(2)22-11-18(19(23)24)25-20(22)21-17-10-9-14(13-7-8-13)15-5-3-4-6-16(15)17/h3-6,9-13H,7-8H2,1-2H3,(H,23,24)/b21-20-. The number of nitrogens with zero attached hydrogens (tertiary/aromatic N) is 2. The molecule has 0 saturated heterocycles. The highest BCUT2D eigenvalue weighted by Gasteiger charge is 2.25. The van der Waals surface area contributed by atoms with Crippen LogP contribution in [0.4, 0.5) is 5.69 Å². The van der Waals surface area contributed by atoms with Crippen molar-refractivity contribution in [3.63, 3.8) is 0 Å². The Labute approximate surface area is 150 Å². The topological polar surface area (TPSA) is 54.6 Å². The van der Waals surface area contributed by atoms with E-state index in [-0.39, 0.29) is 6.04 Å². The highest BCUT2D eigenvalue weighted by molar-refractivity contribution is 7.11. The van der Waals surface area contributed by atoms with E-state index in [9.17, 15) is 9.90 Å². The Morgan fingerprint density at radius 1 is 1.20 bits per heavy atom. The van der Waals surface area contributed by atoms with Crippen LogP contribution in [0.3, 0.4) is 0 Å². The monoisotopic (exact) mass is 352 g/mol. The molecule has 4 nitrogen and oxygen atoms in total. The molecule has 2 aromatic carbocycles. The number of carboxylic acids is 1. The molecule has 128 valence electrons. The number of aromatic carboxylic acids is 1. The zero-order valence-corrected chi connectivity index (χ0v) is 15.1. The highest BCUT2D eigenvalue weighted by Crippen LogP contribution is 2.44. The van der Waals surface area contributed by atoms with Gasteiger partial charge in [0.05, 0.1) is 5.69 Å². The van der Waals surface area contributed by atoms with Crippen LogP contribution < -0.4 is 4.80 Å². The van der Waals surface area contributed by atoms with E-state index in [4.69, 9.17) is 4.99 Å². The molecular weight excluding hydrogens is 332 g/mol. The molecule has 4 rings (SSSR count). The number of thiazole rings is 1. The fourth-order valence-electron chi connectivity index (χ4n) is 3.17. The Hall–Kier alpha value is -2.40. The number of aromatic nitrogens is 1. The smallest absolute Gasteiger partial charge is 0.347 e. The van der Waals surface area contributed by atoms with Gasteiger partial charge in [-0.3, -0.25) is 0 Å². The fraction of sp³-hybridized carbons (Fsp3) is 0.300. The summed E-state index contributed by atoms with van der Waals surface area (Å²) in [5.74, 6) is -0.227. The lowest BCUT2D eigenvalue weighted by molar-refractivity contribution is 0.0701. The van der Waals surface area contributed by atoms with Crippen LogP contribution in [0.15, 0.2) is 47.6 Å². The van der Waals surface area contributed by atoms with Crippen molar-refractivity contribution in [2.45, 2.75) is 38.6 Å². The molecule has 0 atom stereocenters. The van der Waals surface area contributed by atoms with Gasteiger partial charge < -0.3 is 9.67 Å². The van der Waals surface area contributed by atoms with E-state index in [2.05, 4.69) is 30.3 Å². The predicted octanol–water partition coefficient (Wildman–Crippen LogP) is 5.09. The molecule has 0 bridgehead atoms. The van der Waals surface area contributed by atoms with E-state index < -0.39 is 5.97 Å². The SMILES string of the molecule is CC(C)n1cc(C(=O)O)s/c1=N\c1ccc(C2CC2)c2ccccc12. The molecule has 1 saturated carbocycles. The molecule has 1 heterocycles. The van der Waals surface area contributed by atoms with Gasteiger partial charge in [0.25, 0.3) is 0 Å². The van der Waals surface area contributed by atoms with Gasteiger partial charge in [-0.15, -0.1) is 0 Å². The van der Waals surface area contributed by atoms with Crippen molar-refractivity contribution in [3.05, 3.63) is 57.8 Å². The third-order valence-electron chi connectivity index (χ3n) is 4.61. The van der Waals surface area contributed by atoms with Gasteiger partial charge in [-0.25, -0.2) is 9.79 Å². The van der Waals surface area contributed by atoms with Gasteiger partial charge in [-0.1, -0.05) is 41.7 Å². The third-order valence-corrected chi connectivity index (χ3v) is 5.60. The molecule has 1 fully saturated rings. The molecule has 1 aromatic heterocycles. The van der Waals surface area contributed by atoms with Crippen LogP contribution in [0.2, 0.25) is 0 Å². The van der Waals surface area contributed by atoms with Crippen LogP contribution in [-0.2, 0) is 0 Å². The molecule has 0 unspecified atom stereocenters. The molecule has 0 radical (unpaired) electrons. The number of hydrogen-bond donors (Lipinski definition) is 1. The number of fused-ring (bicyclic) bond motifs is 1. The Balaban J connectivity index is 1.93. The summed E-state index contributed by atoms with van der Waals surface area (Å²) in [4.78, 5) is 17.2. The Morgan fingerprint density at radius 2 is 1.92 bits per heavy atom. The summed E-state index contributed by atoms with van der Waals surface area (Å²) in [5.41, 5.74) is 2.30. The number of carbonyl (C=O) groups is 1. The number of rotatable bonds is 4. The fourth-order valence-corrected chi connectivity index (χ4v) is 4.13. The third kappa shape index (κ3) is 3.00.